The lowest BCUT2D eigenvalue weighted by atomic mass is 10.1. The molecule has 1 saturated heterocycles. The zero-order chi connectivity index (χ0) is 17.8. The van der Waals surface area contributed by atoms with E-state index in [0.29, 0.717) is 18.8 Å². The van der Waals surface area contributed by atoms with E-state index in [0.717, 1.165) is 10.4 Å². The zero-order valence-electron chi connectivity index (χ0n) is 13.4. The van der Waals surface area contributed by atoms with Gasteiger partial charge in [-0.3, -0.25) is 4.57 Å². The highest BCUT2D eigenvalue weighted by Gasteiger charge is 2.60. The Hall–Kier alpha value is -2.33. The Balaban J connectivity index is 1.59. The number of aliphatic hydroxyl groups excluding tert-OH is 1. The molecule has 2 aromatic rings. The Bertz CT molecular complexity index is 852. The van der Waals surface area contributed by atoms with E-state index in [1.807, 2.05) is 4.90 Å². The lowest BCUT2D eigenvalue weighted by Gasteiger charge is -2.23. The minimum atomic E-state index is -3.61. The number of aryl methyl sites for hydroxylation is 1. The average Bonchev–Trinajstić information content (AvgIpc) is 3.20. The molecule has 25 heavy (non-hydrogen) atoms. The van der Waals surface area contributed by atoms with Crippen LogP contribution in [0, 0.1) is 6.92 Å². The summed E-state index contributed by atoms with van der Waals surface area (Å²) in [5.74, 6) is -2.82. The lowest BCUT2D eigenvalue weighted by Crippen LogP contribution is -2.43. The highest BCUT2D eigenvalue weighted by atomic mass is 19.3. The molecule has 10 heteroatoms. The Labute approximate surface area is 141 Å². The van der Waals surface area contributed by atoms with Gasteiger partial charge in [-0.25, -0.2) is 9.48 Å². The maximum absolute atomic E-state index is 14.5. The van der Waals surface area contributed by atoms with Crippen molar-refractivity contribution in [2.75, 3.05) is 18.0 Å². The second kappa shape index (κ2) is 5.60. The fourth-order valence-corrected chi connectivity index (χ4v) is 3.29. The van der Waals surface area contributed by atoms with Crippen molar-refractivity contribution < 1.29 is 18.6 Å². The average molecular weight is 353 g/mol. The zero-order valence-corrected chi connectivity index (χ0v) is 13.4. The van der Waals surface area contributed by atoms with Crippen LogP contribution in [0.5, 0.6) is 0 Å². The summed E-state index contributed by atoms with van der Waals surface area (Å²) in [6, 6.07) is 3.22. The largest absolute Gasteiger partial charge is 0.384 e. The van der Waals surface area contributed by atoms with Crippen molar-refractivity contribution >= 4 is 5.82 Å². The summed E-state index contributed by atoms with van der Waals surface area (Å²) < 4.78 is 36.9. The smallest absolute Gasteiger partial charge is 0.350 e. The Morgan fingerprint density at radius 2 is 2.20 bits per heavy atom. The third-order valence-electron chi connectivity index (χ3n) is 4.60. The molecule has 0 unspecified atom stereocenters. The van der Waals surface area contributed by atoms with Crippen molar-refractivity contribution in [3.63, 3.8) is 0 Å². The van der Waals surface area contributed by atoms with Crippen molar-refractivity contribution in [1.82, 2.24) is 19.3 Å². The number of aromatic nitrogens is 4. The topological polar surface area (TPSA) is 85.4 Å². The molecule has 1 N–H and O–H groups in total. The van der Waals surface area contributed by atoms with Gasteiger partial charge in [0.1, 0.15) is 11.9 Å². The molecule has 0 radical (unpaired) electrons. The molecule has 3 atom stereocenters. The van der Waals surface area contributed by atoms with Gasteiger partial charge in [-0.1, -0.05) is 0 Å². The minimum Gasteiger partial charge on any atom is -0.384 e. The number of alkyl halides is 2. The molecule has 4 heterocycles. The molecular formula is C15H17F2N5O3. The van der Waals surface area contributed by atoms with Gasteiger partial charge in [-0.2, -0.15) is 18.9 Å². The molecule has 0 aromatic carbocycles. The van der Waals surface area contributed by atoms with E-state index < -0.39 is 30.0 Å². The molecule has 0 bridgehead atoms. The van der Waals surface area contributed by atoms with Gasteiger partial charge in [0.25, 0.3) is 0 Å². The van der Waals surface area contributed by atoms with E-state index >= 15 is 0 Å². The molecule has 0 saturated carbocycles. The van der Waals surface area contributed by atoms with Crippen LogP contribution >= 0.6 is 0 Å². The predicted octanol–water partition coefficient (Wildman–Crippen LogP) is 0.162. The fraction of sp³-hybridized carbons (Fsp3) is 0.533. The van der Waals surface area contributed by atoms with Gasteiger partial charge in [0.2, 0.25) is 6.23 Å². The summed E-state index contributed by atoms with van der Waals surface area (Å²) in [5, 5.41) is 14.2. The van der Waals surface area contributed by atoms with E-state index in [1.165, 1.54) is 12.3 Å². The van der Waals surface area contributed by atoms with Crippen LogP contribution in [-0.4, -0.2) is 55.7 Å². The van der Waals surface area contributed by atoms with Crippen molar-refractivity contribution in [3.05, 3.63) is 40.7 Å². The summed E-state index contributed by atoms with van der Waals surface area (Å²) in [6.07, 6.45) is -2.22. The number of fused-ring (bicyclic) bond motifs is 1. The lowest BCUT2D eigenvalue weighted by molar-refractivity contribution is -0.140. The van der Waals surface area contributed by atoms with Gasteiger partial charge in [0, 0.05) is 31.0 Å². The number of anilines is 1. The Kier molecular flexibility index (Phi) is 3.62. The first kappa shape index (κ1) is 16.2. The first-order valence-corrected chi connectivity index (χ1v) is 7.92. The summed E-state index contributed by atoms with van der Waals surface area (Å²) in [7, 11) is 0. The van der Waals surface area contributed by atoms with E-state index in [9.17, 15) is 18.7 Å². The number of hydrogen-bond acceptors (Lipinski definition) is 6. The molecule has 0 spiro atoms. The van der Waals surface area contributed by atoms with Crippen LogP contribution in [0.4, 0.5) is 14.6 Å². The molecule has 4 rings (SSSR count). The highest BCUT2D eigenvalue weighted by molar-refractivity contribution is 5.41. The summed E-state index contributed by atoms with van der Waals surface area (Å²) >= 11 is 0. The molecule has 2 aromatic heterocycles. The van der Waals surface area contributed by atoms with Crippen LogP contribution in [0.15, 0.2) is 29.3 Å². The molecular weight excluding hydrogens is 336 g/mol. The molecule has 8 nitrogen and oxygen atoms in total. The predicted molar refractivity (Wildman–Crippen MR) is 82.5 cm³/mol. The maximum Gasteiger partial charge on any atom is 0.350 e. The number of halogens is 2. The first-order valence-electron chi connectivity index (χ1n) is 7.92. The van der Waals surface area contributed by atoms with E-state index in [4.69, 9.17) is 4.74 Å². The second-order valence-corrected chi connectivity index (χ2v) is 6.26. The van der Waals surface area contributed by atoms with E-state index in [1.54, 1.807) is 23.9 Å². The molecule has 0 amide bonds. The van der Waals surface area contributed by atoms with Crippen molar-refractivity contribution in [1.29, 1.82) is 0 Å². The van der Waals surface area contributed by atoms with Crippen molar-refractivity contribution in [2.24, 2.45) is 0 Å². The number of ether oxygens (including phenoxy) is 1. The van der Waals surface area contributed by atoms with Gasteiger partial charge in [0.05, 0.1) is 12.7 Å². The fourth-order valence-electron chi connectivity index (χ4n) is 3.29. The van der Waals surface area contributed by atoms with Gasteiger partial charge in [-0.15, -0.1) is 0 Å². The third-order valence-corrected chi connectivity index (χ3v) is 4.60. The molecule has 2 aliphatic heterocycles. The van der Waals surface area contributed by atoms with Crippen LogP contribution in [-0.2, 0) is 11.3 Å². The second-order valence-electron chi connectivity index (χ2n) is 6.26. The quantitative estimate of drug-likeness (QED) is 0.846. The molecule has 1 fully saturated rings. The number of aliphatic hydroxyl groups is 1. The first-order chi connectivity index (χ1) is 11.9. The third kappa shape index (κ3) is 2.52. The van der Waals surface area contributed by atoms with Gasteiger partial charge in [-0.05, 0) is 13.0 Å². The number of nitrogens with zero attached hydrogens (tertiary/aromatic N) is 5. The van der Waals surface area contributed by atoms with Crippen molar-refractivity contribution in [2.45, 2.75) is 37.8 Å². The van der Waals surface area contributed by atoms with Gasteiger partial charge in [0.15, 0.2) is 6.10 Å². The molecule has 0 aliphatic carbocycles. The van der Waals surface area contributed by atoms with Crippen LogP contribution < -0.4 is 10.6 Å². The van der Waals surface area contributed by atoms with Crippen LogP contribution in [0.1, 0.15) is 11.9 Å². The number of hydrogen-bond donors (Lipinski definition) is 1. The Morgan fingerprint density at radius 3 is 2.96 bits per heavy atom. The minimum absolute atomic E-state index is 0.0764. The summed E-state index contributed by atoms with van der Waals surface area (Å²) in [4.78, 5) is 17.4. The molecule has 2 aliphatic rings. The maximum atomic E-state index is 14.5. The summed E-state index contributed by atoms with van der Waals surface area (Å²) in [6.45, 7) is 2.91. The van der Waals surface area contributed by atoms with Crippen LogP contribution in [0.3, 0.4) is 0 Å². The van der Waals surface area contributed by atoms with E-state index in [-0.39, 0.29) is 6.54 Å². The summed E-state index contributed by atoms with van der Waals surface area (Å²) in [5.41, 5.74) is -0.415. The number of rotatable bonds is 3. The van der Waals surface area contributed by atoms with Gasteiger partial charge >= 0.3 is 11.6 Å². The van der Waals surface area contributed by atoms with Crippen LogP contribution in [0.2, 0.25) is 0 Å². The van der Waals surface area contributed by atoms with Crippen molar-refractivity contribution in [3.8, 4) is 0 Å². The van der Waals surface area contributed by atoms with E-state index in [2.05, 4.69) is 10.1 Å². The van der Waals surface area contributed by atoms with Gasteiger partial charge < -0.3 is 14.7 Å². The standard InChI is InChI=1S/C15H17F2N5O3/c1-9-3-5-21(14(24)19-9)13-15(16,17)12(23)10(25-13)8-20-6-7-22-11(20)2-4-18-22/h2-5,10,12-13,23H,6-8H2,1H3/t10-,12-,13-/m1/s1. The normalized spacial score (nSPS) is 27.7. The molecule has 134 valence electrons. The monoisotopic (exact) mass is 353 g/mol. The Morgan fingerprint density at radius 1 is 1.40 bits per heavy atom. The highest BCUT2D eigenvalue weighted by Crippen LogP contribution is 2.42. The SMILES string of the molecule is Cc1ccn([C@@H]2O[C@H](CN3CCn4nccc43)[C@@H](O)C2(F)F)c(=O)n1. The van der Waals surface area contributed by atoms with Crippen LogP contribution in [0.25, 0.3) is 0 Å².